The fraction of sp³-hybridized carbons (Fsp3) is 0.949. The van der Waals surface area contributed by atoms with E-state index < -0.39 is 6.10 Å². The van der Waals surface area contributed by atoms with Gasteiger partial charge in [-0.25, -0.2) is 0 Å². The molecule has 0 heterocycles. The largest absolute Gasteiger partial charge is 0.462 e. The van der Waals surface area contributed by atoms with Crippen LogP contribution in [0.1, 0.15) is 330 Å². The zero-order valence-electron chi connectivity index (χ0n) is 44.6. The first kappa shape index (κ1) is 63.4. The molecule has 0 aliphatic heterocycles. The lowest BCUT2D eigenvalue weighted by Crippen LogP contribution is -2.30. The average molecular weight is 920 g/mol. The number of esters is 3. The molecule has 0 aromatic carbocycles. The van der Waals surface area contributed by atoms with Crippen LogP contribution in [0.25, 0.3) is 0 Å². The van der Waals surface area contributed by atoms with Gasteiger partial charge in [0, 0.05) is 19.3 Å². The summed E-state index contributed by atoms with van der Waals surface area (Å²) in [5, 5.41) is 0. The zero-order valence-corrected chi connectivity index (χ0v) is 44.6. The fourth-order valence-electron chi connectivity index (χ4n) is 9.02. The standard InChI is InChI=1S/C59H114O6/c1-6-8-9-10-11-12-13-14-22-26-29-36-41-46-51-59(62)65-56(53-64-58(61)50-45-40-35-31-30-33-38-43-48-55(5)7-2)52-63-57(60)49-44-39-34-28-25-23-20-18-16-15-17-19-21-24-27-32-37-42-47-54(3)4/h54-56H,6-53H2,1-5H3/t55?,56-/m1/s1. The van der Waals surface area contributed by atoms with Crippen LogP contribution in [0, 0.1) is 11.8 Å². The van der Waals surface area contributed by atoms with E-state index in [4.69, 9.17) is 14.2 Å². The first-order chi connectivity index (χ1) is 31.8. The molecule has 6 nitrogen and oxygen atoms in total. The monoisotopic (exact) mass is 919 g/mol. The van der Waals surface area contributed by atoms with E-state index in [2.05, 4.69) is 34.6 Å². The molecule has 0 fully saturated rings. The smallest absolute Gasteiger partial charge is 0.306 e. The fourth-order valence-corrected chi connectivity index (χ4v) is 9.02. The molecule has 0 saturated carbocycles. The molecule has 0 aromatic rings. The van der Waals surface area contributed by atoms with Crippen molar-refractivity contribution in [3.8, 4) is 0 Å². The number of ether oxygens (including phenoxy) is 3. The topological polar surface area (TPSA) is 78.9 Å². The van der Waals surface area contributed by atoms with Crippen LogP contribution in [0.4, 0.5) is 0 Å². The minimum Gasteiger partial charge on any atom is -0.462 e. The van der Waals surface area contributed by atoms with E-state index in [1.54, 1.807) is 0 Å². The normalized spacial score (nSPS) is 12.5. The molecule has 0 N–H and O–H groups in total. The summed E-state index contributed by atoms with van der Waals surface area (Å²) in [4.78, 5) is 38.1. The lowest BCUT2D eigenvalue weighted by molar-refractivity contribution is -0.167. The molecule has 1 unspecified atom stereocenters. The number of carbonyl (C=O) groups excluding carboxylic acids is 3. The lowest BCUT2D eigenvalue weighted by Gasteiger charge is -2.18. The number of carbonyl (C=O) groups is 3. The molecular formula is C59H114O6. The molecule has 0 aromatic heterocycles. The number of unbranched alkanes of at least 4 members (excludes halogenated alkanes) is 37. The van der Waals surface area contributed by atoms with Crippen LogP contribution < -0.4 is 0 Å². The molecule has 0 aliphatic rings. The second kappa shape index (κ2) is 51.8. The number of hydrogen-bond donors (Lipinski definition) is 0. The molecule has 386 valence electrons. The third-order valence-electron chi connectivity index (χ3n) is 13.8. The van der Waals surface area contributed by atoms with E-state index in [0.29, 0.717) is 19.3 Å². The molecule has 0 bridgehead atoms. The highest BCUT2D eigenvalue weighted by Crippen LogP contribution is 2.19. The summed E-state index contributed by atoms with van der Waals surface area (Å²) in [5.41, 5.74) is 0. The maximum Gasteiger partial charge on any atom is 0.306 e. The van der Waals surface area contributed by atoms with Gasteiger partial charge in [0.2, 0.25) is 0 Å². The maximum absolute atomic E-state index is 12.8. The summed E-state index contributed by atoms with van der Waals surface area (Å²) >= 11 is 0. The third-order valence-corrected chi connectivity index (χ3v) is 13.8. The van der Waals surface area contributed by atoms with Gasteiger partial charge in [-0.15, -0.1) is 0 Å². The van der Waals surface area contributed by atoms with Gasteiger partial charge in [0.15, 0.2) is 6.10 Å². The second-order valence-electron chi connectivity index (χ2n) is 21.0. The Morgan fingerprint density at radius 2 is 0.585 bits per heavy atom. The zero-order chi connectivity index (χ0) is 47.5. The van der Waals surface area contributed by atoms with Gasteiger partial charge in [0.25, 0.3) is 0 Å². The third kappa shape index (κ3) is 51.6. The van der Waals surface area contributed by atoms with Crippen molar-refractivity contribution in [2.45, 2.75) is 336 Å². The van der Waals surface area contributed by atoms with Crippen LogP contribution in [0.5, 0.6) is 0 Å². The first-order valence-electron chi connectivity index (χ1n) is 29.3. The van der Waals surface area contributed by atoms with Crippen LogP contribution in [0.2, 0.25) is 0 Å². The van der Waals surface area contributed by atoms with Crippen molar-refractivity contribution in [2.75, 3.05) is 13.2 Å². The Morgan fingerprint density at radius 3 is 0.877 bits per heavy atom. The quantitative estimate of drug-likeness (QED) is 0.0344. The van der Waals surface area contributed by atoms with Crippen LogP contribution in [0.3, 0.4) is 0 Å². The predicted molar refractivity (Wildman–Crippen MR) is 280 cm³/mol. The Hall–Kier alpha value is -1.59. The van der Waals surface area contributed by atoms with Gasteiger partial charge in [-0.1, -0.05) is 291 Å². The van der Waals surface area contributed by atoms with Crippen molar-refractivity contribution >= 4 is 17.9 Å². The van der Waals surface area contributed by atoms with E-state index in [1.165, 1.54) is 218 Å². The molecule has 0 rings (SSSR count). The van der Waals surface area contributed by atoms with Gasteiger partial charge in [0.1, 0.15) is 13.2 Å². The molecule has 65 heavy (non-hydrogen) atoms. The Labute approximate surface area is 406 Å². The van der Waals surface area contributed by atoms with Gasteiger partial charge in [0.05, 0.1) is 0 Å². The highest BCUT2D eigenvalue weighted by molar-refractivity contribution is 5.71. The Bertz CT molecular complexity index is 995. The SMILES string of the molecule is CCCCCCCCCCCCCCCCC(=O)O[C@H](COC(=O)CCCCCCCCCCCCCCCCCCCCC(C)C)COC(=O)CCCCCCCCCCC(C)CC. The van der Waals surface area contributed by atoms with Crippen molar-refractivity contribution in [3.63, 3.8) is 0 Å². The number of hydrogen-bond acceptors (Lipinski definition) is 6. The Morgan fingerprint density at radius 1 is 0.323 bits per heavy atom. The molecule has 0 spiro atoms. The average Bonchev–Trinajstić information content (AvgIpc) is 3.29. The first-order valence-corrected chi connectivity index (χ1v) is 29.3. The van der Waals surface area contributed by atoms with E-state index >= 15 is 0 Å². The van der Waals surface area contributed by atoms with Gasteiger partial charge in [-0.05, 0) is 31.1 Å². The molecule has 0 saturated heterocycles. The minimum atomic E-state index is -0.763. The highest BCUT2D eigenvalue weighted by atomic mass is 16.6. The van der Waals surface area contributed by atoms with Gasteiger partial charge >= 0.3 is 17.9 Å². The van der Waals surface area contributed by atoms with Crippen molar-refractivity contribution in [3.05, 3.63) is 0 Å². The Balaban J connectivity index is 4.24. The molecular weight excluding hydrogens is 805 g/mol. The summed E-state index contributed by atoms with van der Waals surface area (Å²) in [6, 6.07) is 0. The van der Waals surface area contributed by atoms with Gasteiger partial charge < -0.3 is 14.2 Å². The van der Waals surface area contributed by atoms with Gasteiger partial charge in [-0.2, -0.15) is 0 Å². The molecule has 6 heteroatoms. The summed E-state index contributed by atoms with van der Waals surface area (Å²) in [6.45, 7) is 11.4. The van der Waals surface area contributed by atoms with E-state index in [0.717, 1.165) is 69.6 Å². The summed E-state index contributed by atoms with van der Waals surface area (Å²) in [6.07, 6.45) is 55.2. The number of rotatable bonds is 53. The van der Waals surface area contributed by atoms with Gasteiger partial charge in [-0.3, -0.25) is 14.4 Å². The van der Waals surface area contributed by atoms with Crippen LogP contribution in [0.15, 0.2) is 0 Å². The van der Waals surface area contributed by atoms with Crippen molar-refractivity contribution in [1.29, 1.82) is 0 Å². The van der Waals surface area contributed by atoms with E-state index in [1.807, 2.05) is 0 Å². The molecule has 0 aliphatic carbocycles. The summed E-state index contributed by atoms with van der Waals surface area (Å²) in [7, 11) is 0. The lowest BCUT2D eigenvalue weighted by atomic mass is 9.99. The van der Waals surface area contributed by atoms with Crippen LogP contribution in [-0.2, 0) is 28.6 Å². The van der Waals surface area contributed by atoms with Crippen molar-refractivity contribution < 1.29 is 28.6 Å². The Kier molecular flexibility index (Phi) is 50.5. The van der Waals surface area contributed by atoms with Crippen molar-refractivity contribution in [2.24, 2.45) is 11.8 Å². The van der Waals surface area contributed by atoms with Crippen molar-refractivity contribution in [1.82, 2.24) is 0 Å². The van der Waals surface area contributed by atoms with E-state index in [-0.39, 0.29) is 31.1 Å². The predicted octanol–water partition coefficient (Wildman–Crippen LogP) is 19.3. The summed E-state index contributed by atoms with van der Waals surface area (Å²) < 4.78 is 16.9. The minimum absolute atomic E-state index is 0.0629. The molecule has 0 radical (unpaired) electrons. The van der Waals surface area contributed by atoms with Crippen LogP contribution in [-0.4, -0.2) is 37.2 Å². The molecule has 2 atom stereocenters. The maximum atomic E-state index is 12.8. The highest BCUT2D eigenvalue weighted by Gasteiger charge is 2.19. The van der Waals surface area contributed by atoms with Crippen LogP contribution >= 0.6 is 0 Å². The second-order valence-corrected chi connectivity index (χ2v) is 21.0. The molecule has 0 amide bonds. The van der Waals surface area contributed by atoms with E-state index in [9.17, 15) is 14.4 Å². The summed E-state index contributed by atoms with van der Waals surface area (Å²) in [5.74, 6) is 0.866.